The Hall–Kier alpha value is -2.75. The molecule has 0 aliphatic rings. The summed E-state index contributed by atoms with van der Waals surface area (Å²) in [5, 5.41) is -1.85. The second-order valence-corrected chi connectivity index (χ2v) is 13.0. The number of carbonyl (C=O) groups is 3. The van der Waals surface area contributed by atoms with Gasteiger partial charge < -0.3 is 4.74 Å². The quantitative estimate of drug-likeness (QED) is 0.291. The van der Waals surface area contributed by atoms with Crippen molar-refractivity contribution in [1.82, 2.24) is 0 Å². The third-order valence-corrected chi connectivity index (χ3v) is 9.60. The van der Waals surface area contributed by atoms with Gasteiger partial charge in [0.1, 0.15) is 5.75 Å². The minimum Gasteiger partial charge on any atom is -0.419 e. The topological polar surface area (TPSA) is 60.4 Å². The second-order valence-electron chi connectivity index (χ2n) is 8.45. The molecule has 6 heteroatoms. The Labute approximate surface area is 199 Å². The summed E-state index contributed by atoms with van der Waals surface area (Å²) in [6, 6.07) is 16.1. The van der Waals surface area contributed by atoms with Crippen molar-refractivity contribution in [3.05, 3.63) is 99.1 Å². The molecule has 0 saturated carbocycles. The first-order chi connectivity index (χ1) is 15.5. The molecular weight excluding hydrogens is 451 g/mol. The lowest BCUT2D eigenvalue weighted by atomic mass is 10.0. The molecule has 0 amide bonds. The van der Waals surface area contributed by atoms with Gasteiger partial charge in [-0.15, -0.1) is 0 Å². The van der Waals surface area contributed by atoms with E-state index < -0.39 is 25.2 Å². The fraction of sp³-hybridized carbons (Fsp3) is 0.222. The number of carbonyl (C=O) groups excluding carboxylic acids is 3. The van der Waals surface area contributed by atoms with E-state index in [4.69, 9.17) is 4.74 Å². The zero-order valence-corrected chi connectivity index (χ0v) is 21.8. The van der Waals surface area contributed by atoms with Crippen molar-refractivity contribution in [3.8, 4) is 5.75 Å². The Morgan fingerprint density at radius 3 is 1.39 bits per heavy atom. The van der Waals surface area contributed by atoms with E-state index in [0.29, 0.717) is 11.1 Å². The molecule has 0 radical (unpaired) electrons. The van der Waals surface area contributed by atoms with Crippen LogP contribution >= 0.6 is 18.1 Å². The van der Waals surface area contributed by atoms with E-state index in [-0.39, 0.29) is 5.75 Å². The van der Waals surface area contributed by atoms with Gasteiger partial charge in [0.25, 0.3) is 0 Å². The zero-order chi connectivity index (χ0) is 24.5. The van der Waals surface area contributed by atoms with Gasteiger partial charge in [0.2, 0.25) is 10.2 Å². The highest BCUT2D eigenvalue weighted by molar-refractivity contribution is 8.91. The third kappa shape index (κ3) is 4.80. The monoisotopic (exact) mass is 480 g/mol. The first kappa shape index (κ1) is 24.9. The molecule has 3 aromatic carbocycles. The van der Waals surface area contributed by atoms with Crippen LogP contribution in [0, 0.1) is 41.5 Å². The van der Waals surface area contributed by atoms with Crippen LogP contribution in [0.2, 0.25) is 0 Å². The van der Waals surface area contributed by atoms with Crippen LogP contribution < -0.4 is 4.74 Å². The number of ether oxygens (including phenoxy) is 1. The minimum atomic E-state index is -3.32. The lowest BCUT2D eigenvalue weighted by Crippen LogP contribution is -2.28. The Morgan fingerprint density at radius 1 is 0.667 bits per heavy atom. The standard InChI is InChI=1S/C27H29O4PS/c1-16-12-18(3)23(19(4)13-16)25(28)33(32,27(30)31-22-10-8-7-9-11-22)26(29)24-20(5)14-17(2)15-21(24)6/h7-15H,32H2,1-6H3. The summed E-state index contributed by atoms with van der Waals surface area (Å²) < 4.78 is 5.61. The number of para-hydroxylation sites is 1. The molecule has 3 rings (SSSR count). The molecule has 0 saturated heterocycles. The summed E-state index contributed by atoms with van der Waals surface area (Å²) in [6.45, 7) is 11.2. The van der Waals surface area contributed by atoms with Crippen LogP contribution in [-0.4, -0.2) is 15.5 Å². The summed E-state index contributed by atoms with van der Waals surface area (Å²) >= 11 is 0. The SMILES string of the molecule is Cc1cc(C)c(C(=O)S(P)(C(=O)Oc2ccccc2)C(=O)c2c(C)cc(C)cc2C)c(C)c1. The molecule has 1 atom stereocenters. The van der Waals surface area contributed by atoms with Crippen LogP contribution in [0.1, 0.15) is 54.1 Å². The molecule has 0 N–H and O–H groups in total. The molecule has 0 fully saturated rings. The van der Waals surface area contributed by atoms with Crippen LogP contribution in [0.5, 0.6) is 5.75 Å². The first-order valence-corrected chi connectivity index (χ1v) is 13.7. The fourth-order valence-corrected chi connectivity index (χ4v) is 7.05. The summed E-state index contributed by atoms with van der Waals surface area (Å²) in [6.07, 6.45) is 0. The van der Waals surface area contributed by atoms with Gasteiger partial charge in [0, 0.05) is 11.1 Å². The summed E-state index contributed by atoms with van der Waals surface area (Å²) in [5.41, 5.74) is 5.73. The van der Waals surface area contributed by atoms with Crippen LogP contribution in [-0.2, 0) is 0 Å². The largest absolute Gasteiger partial charge is 0.419 e. The van der Waals surface area contributed by atoms with Gasteiger partial charge >= 0.3 is 5.30 Å². The molecule has 0 heterocycles. The maximum absolute atomic E-state index is 14.1. The van der Waals surface area contributed by atoms with E-state index in [1.807, 2.05) is 65.8 Å². The van der Waals surface area contributed by atoms with E-state index in [1.54, 1.807) is 30.3 Å². The summed E-state index contributed by atoms with van der Waals surface area (Å²) in [7, 11) is -0.990. The van der Waals surface area contributed by atoms with Crippen LogP contribution in [0.3, 0.4) is 0 Å². The van der Waals surface area contributed by atoms with E-state index in [2.05, 4.69) is 8.44 Å². The predicted molar refractivity (Wildman–Crippen MR) is 140 cm³/mol. The molecular formula is C27H29O4PS. The van der Waals surface area contributed by atoms with Gasteiger partial charge in [-0.1, -0.05) is 62.0 Å². The van der Waals surface area contributed by atoms with E-state index in [9.17, 15) is 14.4 Å². The highest BCUT2D eigenvalue weighted by Crippen LogP contribution is 2.63. The molecule has 172 valence electrons. The maximum atomic E-state index is 14.1. The van der Waals surface area contributed by atoms with Gasteiger partial charge in [-0.3, -0.25) is 9.59 Å². The highest BCUT2D eigenvalue weighted by atomic mass is 32.8. The highest BCUT2D eigenvalue weighted by Gasteiger charge is 2.47. The van der Waals surface area contributed by atoms with Crippen molar-refractivity contribution in [2.45, 2.75) is 41.5 Å². The van der Waals surface area contributed by atoms with Crippen molar-refractivity contribution in [3.63, 3.8) is 0 Å². The third-order valence-electron chi connectivity index (χ3n) is 5.55. The number of hydrogen-bond acceptors (Lipinski definition) is 4. The van der Waals surface area contributed by atoms with Crippen LogP contribution in [0.4, 0.5) is 4.79 Å². The van der Waals surface area contributed by atoms with Crippen molar-refractivity contribution >= 4 is 33.6 Å². The Bertz CT molecular complexity index is 1150. The van der Waals surface area contributed by atoms with Crippen molar-refractivity contribution in [2.24, 2.45) is 0 Å². The van der Waals surface area contributed by atoms with E-state index in [0.717, 1.165) is 33.4 Å². The Morgan fingerprint density at radius 2 is 1.03 bits per heavy atom. The first-order valence-electron chi connectivity index (χ1n) is 10.6. The average molecular weight is 481 g/mol. The van der Waals surface area contributed by atoms with Crippen molar-refractivity contribution in [2.75, 3.05) is 0 Å². The number of aryl methyl sites for hydroxylation is 6. The van der Waals surface area contributed by atoms with Gasteiger partial charge in [-0.25, -0.2) is 4.79 Å². The molecule has 0 bridgehead atoms. The van der Waals surface area contributed by atoms with Gasteiger partial charge in [-0.2, -0.15) is 0 Å². The maximum Gasteiger partial charge on any atom is 0.372 e. The minimum absolute atomic E-state index is 0.289. The molecule has 4 nitrogen and oxygen atoms in total. The lowest BCUT2D eigenvalue weighted by molar-refractivity contribution is 0.105. The average Bonchev–Trinajstić information content (AvgIpc) is 2.72. The molecule has 33 heavy (non-hydrogen) atoms. The zero-order valence-electron chi connectivity index (χ0n) is 19.8. The van der Waals surface area contributed by atoms with Gasteiger partial charge in [0.15, 0.2) is 0 Å². The molecule has 0 aromatic heterocycles. The second kappa shape index (κ2) is 9.62. The normalized spacial score (nSPS) is 11.7. The van der Waals surface area contributed by atoms with E-state index in [1.165, 1.54) is 0 Å². The molecule has 0 spiro atoms. The number of hydrogen-bond donors (Lipinski definition) is 0. The van der Waals surface area contributed by atoms with Crippen molar-refractivity contribution < 1.29 is 19.1 Å². The van der Waals surface area contributed by atoms with Gasteiger partial charge in [-0.05, 0) is 85.6 Å². The Balaban J connectivity index is 2.22. The molecule has 0 aliphatic carbocycles. The lowest BCUT2D eigenvalue weighted by Gasteiger charge is -2.31. The van der Waals surface area contributed by atoms with E-state index >= 15 is 0 Å². The van der Waals surface area contributed by atoms with Crippen molar-refractivity contribution in [1.29, 1.82) is 0 Å². The number of rotatable bonds is 3. The van der Waals surface area contributed by atoms with Gasteiger partial charge in [0.05, 0.1) is 0 Å². The number of benzene rings is 3. The molecule has 1 unspecified atom stereocenters. The fourth-order valence-electron chi connectivity index (χ4n) is 4.21. The summed E-state index contributed by atoms with van der Waals surface area (Å²) in [4.78, 5) is 41.7. The molecule has 0 aliphatic heterocycles. The summed E-state index contributed by atoms with van der Waals surface area (Å²) in [5.74, 6) is 0.289. The van der Waals surface area contributed by atoms with Crippen LogP contribution in [0.25, 0.3) is 0 Å². The molecule has 3 aromatic rings. The predicted octanol–water partition coefficient (Wildman–Crippen LogP) is 7.31. The Kier molecular flexibility index (Phi) is 7.26. The van der Waals surface area contributed by atoms with Crippen LogP contribution in [0.15, 0.2) is 54.6 Å². The smallest absolute Gasteiger partial charge is 0.372 e.